The van der Waals surface area contributed by atoms with Gasteiger partial charge >= 0.3 is 6.18 Å². The van der Waals surface area contributed by atoms with Crippen LogP contribution >= 0.6 is 11.8 Å². The fourth-order valence-corrected chi connectivity index (χ4v) is 3.60. The van der Waals surface area contributed by atoms with Crippen LogP contribution in [0.5, 0.6) is 0 Å². The summed E-state index contributed by atoms with van der Waals surface area (Å²) in [4.78, 5) is 3.89. The van der Waals surface area contributed by atoms with Crippen LogP contribution in [-0.4, -0.2) is 10.2 Å². The van der Waals surface area contributed by atoms with E-state index in [9.17, 15) is 13.2 Å². The first kappa shape index (κ1) is 14.4. The molecular formula is C15H13F3N2S. The average molecular weight is 310 g/mol. The van der Waals surface area contributed by atoms with Gasteiger partial charge in [-0.3, -0.25) is 0 Å². The third-order valence-electron chi connectivity index (χ3n) is 3.57. The van der Waals surface area contributed by atoms with Crippen molar-refractivity contribution in [2.24, 2.45) is 5.73 Å². The maximum atomic E-state index is 12.5. The molecule has 1 aromatic heterocycles. The van der Waals surface area contributed by atoms with Gasteiger partial charge in [-0.25, -0.2) is 4.98 Å². The predicted molar refractivity (Wildman–Crippen MR) is 76.0 cm³/mol. The van der Waals surface area contributed by atoms with Gasteiger partial charge in [-0.2, -0.15) is 13.2 Å². The highest BCUT2D eigenvalue weighted by atomic mass is 32.2. The second kappa shape index (κ2) is 5.35. The van der Waals surface area contributed by atoms with Gasteiger partial charge in [-0.05, 0) is 29.7 Å². The molecular weight excluding hydrogens is 297 g/mol. The Kier molecular flexibility index (Phi) is 3.67. The molecule has 0 radical (unpaired) electrons. The zero-order valence-electron chi connectivity index (χ0n) is 11.0. The third kappa shape index (κ3) is 2.91. The van der Waals surface area contributed by atoms with Crippen molar-refractivity contribution < 1.29 is 13.2 Å². The van der Waals surface area contributed by atoms with Gasteiger partial charge in [0.15, 0.2) is 0 Å². The van der Waals surface area contributed by atoms with Crippen LogP contribution in [0.1, 0.15) is 22.7 Å². The van der Waals surface area contributed by atoms with Crippen LogP contribution in [-0.2, 0) is 12.6 Å². The van der Waals surface area contributed by atoms with Crippen LogP contribution in [0.2, 0.25) is 0 Å². The number of fused-ring (bicyclic) bond motifs is 1. The van der Waals surface area contributed by atoms with Gasteiger partial charge in [0.25, 0.3) is 0 Å². The summed E-state index contributed by atoms with van der Waals surface area (Å²) >= 11 is 1.43. The second-order valence-electron chi connectivity index (χ2n) is 4.97. The third-order valence-corrected chi connectivity index (χ3v) is 4.82. The summed E-state index contributed by atoms with van der Waals surface area (Å²) in [5.74, 6) is 0. The highest BCUT2D eigenvalue weighted by Gasteiger charge is 2.32. The normalized spacial score (nSPS) is 21.3. The lowest BCUT2D eigenvalue weighted by atomic mass is 10.1. The van der Waals surface area contributed by atoms with Crippen molar-refractivity contribution in [3.8, 4) is 0 Å². The van der Waals surface area contributed by atoms with E-state index in [4.69, 9.17) is 5.73 Å². The Hall–Kier alpha value is -1.53. The Morgan fingerprint density at radius 3 is 2.52 bits per heavy atom. The fraction of sp³-hybridized carbons (Fsp3) is 0.267. The Balaban J connectivity index is 1.74. The van der Waals surface area contributed by atoms with Crippen molar-refractivity contribution in [1.82, 2.24) is 4.98 Å². The number of alkyl halides is 3. The van der Waals surface area contributed by atoms with E-state index in [1.54, 1.807) is 0 Å². The average Bonchev–Trinajstić information content (AvgIpc) is 2.76. The molecule has 1 aliphatic rings. The van der Waals surface area contributed by atoms with Gasteiger partial charge in [-0.15, -0.1) is 11.8 Å². The van der Waals surface area contributed by atoms with E-state index in [1.807, 2.05) is 24.3 Å². The summed E-state index contributed by atoms with van der Waals surface area (Å²) in [6.45, 7) is 0. The van der Waals surface area contributed by atoms with E-state index in [0.29, 0.717) is 5.03 Å². The molecule has 2 nitrogen and oxygen atoms in total. The van der Waals surface area contributed by atoms with Crippen molar-refractivity contribution in [3.05, 3.63) is 59.3 Å². The summed E-state index contributed by atoms with van der Waals surface area (Å²) < 4.78 is 37.5. The summed E-state index contributed by atoms with van der Waals surface area (Å²) in [5.41, 5.74) is 7.79. The van der Waals surface area contributed by atoms with E-state index in [0.717, 1.165) is 24.2 Å². The molecule has 3 rings (SSSR count). The maximum absolute atomic E-state index is 12.5. The van der Waals surface area contributed by atoms with Crippen LogP contribution < -0.4 is 5.73 Å². The van der Waals surface area contributed by atoms with Crippen molar-refractivity contribution in [3.63, 3.8) is 0 Å². The lowest BCUT2D eigenvalue weighted by Gasteiger charge is -2.15. The monoisotopic (exact) mass is 310 g/mol. The molecule has 0 bridgehead atoms. The van der Waals surface area contributed by atoms with Gasteiger partial charge in [-0.1, -0.05) is 24.3 Å². The van der Waals surface area contributed by atoms with Crippen molar-refractivity contribution in [2.75, 3.05) is 0 Å². The van der Waals surface area contributed by atoms with Crippen molar-refractivity contribution in [2.45, 2.75) is 28.9 Å². The number of nitrogens with two attached hydrogens (primary N) is 1. The number of hydrogen-bond donors (Lipinski definition) is 1. The molecule has 0 aliphatic heterocycles. The molecule has 2 unspecified atom stereocenters. The number of hydrogen-bond acceptors (Lipinski definition) is 3. The van der Waals surface area contributed by atoms with E-state index < -0.39 is 11.7 Å². The summed E-state index contributed by atoms with van der Waals surface area (Å²) in [6, 6.07) is 10.3. The minimum absolute atomic E-state index is 0.103. The Bertz CT molecular complexity index is 640. The quantitative estimate of drug-likeness (QED) is 0.916. The minimum atomic E-state index is -4.35. The first-order valence-corrected chi connectivity index (χ1v) is 7.36. The summed E-state index contributed by atoms with van der Waals surface area (Å²) in [5, 5.41) is 0.669. The number of benzene rings is 1. The van der Waals surface area contributed by atoms with Crippen molar-refractivity contribution in [1.29, 1.82) is 0 Å². The fourth-order valence-electron chi connectivity index (χ4n) is 2.48. The highest BCUT2D eigenvalue weighted by molar-refractivity contribution is 7.99. The van der Waals surface area contributed by atoms with Crippen LogP contribution in [0, 0.1) is 0 Å². The number of thioether (sulfide) groups is 1. The summed E-state index contributed by atoms with van der Waals surface area (Å²) in [6.07, 6.45) is -2.67. The first-order valence-electron chi connectivity index (χ1n) is 6.48. The largest absolute Gasteiger partial charge is 0.417 e. The molecule has 21 heavy (non-hydrogen) atoms. The molecule has 2 N–H and O–H groups in total. The Morgan fingerprint density at radius 1 is 1.14 bits per heavy atom. The Labute approximate surface area is 124 Å². The van der Waals surface area contributed by atoms with E-state index in [2.05, 4.69) is 4.98 Å². The van der Waals surface area contributed by atoms with Gasteiger partial charge in [0, 0.05) is 17.5 Å². The van der Waals surface area contributed by atoms with Crippen LogP contribution in [0.15, 0.2) is 47.6 Å². The topological polar surface area (TPSA) is 38.9 Å². The Morgan fingerprint density at radius 2 is 1.90 bits per heavy atom. The molecule has 0 spiro atoms. The molecule has 6 heteroatoms. The predicted octanol–water partition coefficient (Wildman–Crippen LogP) is 3.82. The van der Waals surface area contributed by atoms with Gasteiger partial charge in [0.1, 0.15) is 0 Å². The molecule has 1 aliphatic carbocycles. The number of halogens is 3. The SMILES string of the molecule is NC1c2ccccc2CC1Sc1ccc(C(F)(F)F)cn1. The summed E-state index contributed by atoms with van der Waals surface area (Å²) in [7, 11) is 0. The lowest BCUT2D eigenvalue weighted by Crippen LogP contribution is -2.19. The van der Waals surface area contributed by atoms with Crippen LogP contribution in [0.4, 0.5) is 13.2 Å². The van der Waals surface area contributed by atoms with E-state index in [-0.39, 0.29) is 11.3 Å². The molecule has 2 atom stereocenters. The highest BCUT2D eigenvalue weighted by Crippen LogP contribution is 2.39. The molecule has 110 valence electrons. The zero-order valence-corrected chi connectivity index (χ0v) is 11.8. The standard InChI is InChI=1S/C15H13F3N2S/c16-15(17,18)10-5-6-13(20-8-10)21-12-7-9-3-1-2-4-11(9)14(12)19/h1-6,8,12,14H,7,19H2. The number of aromatic nitrogens is 1. The number of nitrogens with zero attached hydrogens (tertiary/aromatic N) is 1. The second-order valence-corrected chi connectivity index (χ2v) is 6.23. The van der Waals surface area contributed by atoms with Crippen molar-refractivity contribution >= 4 is 11.8 Å². The lowest BCUT2D eigenvalue weighted by molar-refractivity contribution is -0.137. The van der Waals surface area contributed by atoms with Gasteiger partial charge < -0.3 is 5.73 Å². The molecule has 0 saturated heterocycles. The maximum Gasteiger partial charge on any atom is 0.417 e. The zero-order chi connectivity index (χ0) is 15.0. The van der Waals surface area contributed by atoms with Gasteiger partial charge in [0.05, 0.1) is 10.6 Å². The number of pyridine rings is 1. The van der Waals surface area contributed by atoms with Crippen LogP contribution in [0.3, 0.4) is 0 Å². The molecule has 0 saturated carbocycles. The molecule has 0 fully saturated rings. The van der Waals surface area contributed by atoms with Crippen LogP contribution in [0.25, 0.3) is 0 Å². The molecule has 2 aromatic rings. The molecule has 1 aromatic carbocycles. The first-order chi connectivity index (χ1) is 9.95. The smallest absolute Gasteiger partial charge is 0.323 e. The number of rotatable bonds is 2. The van der Waals surface area contributed by atoms with E-state index in [1.165, 1.54) is 23.4 Å². The molecule has 0 amide bonds. The molecule has 1 heterocycles. The van der Waals surface area contributed by atoms with Gasteiger partial charge in [0.2, 0.25) is 0 Å². The minimum Gasteiger partial charge on any atom is -0.323 e. The van der Waals surface area contributed by atoms with E-state index >= 15 is 0 Å².